The van der Waals surface area contributed by atoms with Crippen LogP contribution >= 0.6 is 30.9 Å². The van der Waals surface area contributed by atoms with Gasteiger partial charge in [0.05, 0.1) is 19.8 Å². The molecule has 0 N–H and O–H groups in total. The van der Waals surface area contributed by atoms with Crippen LogP contribution in [0.4, 0.5) is 0 Å². The maximum absolute atomic E-state index is 13.3. The predicted molar refractivity (Wildman–Crippen MR) is 88.9 cm³/mol. The molecule has 21 heavy (non-hydrogen) atoms. The van der Waals surface area contributed by atoms with Crippen LogP contribution < -0.4 is 5.30 Å². The summed E-state index contributed by atoms with van der Waals surface area (Å²) in [6.07, 6.45) is 0. The van der Waals surface area contributed by atoms with Gasteiger partial charge in [0.2, 0.25) is 0 Å². The average Bonchev–Trinajstić information content (AvgIpc) is 2.48. The van der Waals surface area contributed by atoms with Gasteiger partial charge in [0.25, 0.3) is 7.37 Å². The molecule has 0 aliphatic heterocycles. The lowest BCUT2D eigenvalue weighted by Gasteiger charge is -2.28. The monoisotopic (exact) mass is 398 g/mol. The zero-order chi connectivity index (χ0) is 15.9. The predicted octanol–water partition coefficient (Wildman–Crippen LogP) is 4.57. The van der Waals surface area contributed by atoms with Crippen LogP contribution in [0.3, 0.4) is 0 Å². The van der Waals surface area contributed by atoms with Crippen LogP contribution in [0.5, 0.6) is 0 Å². The Bertz CT molecular complexity index is 513. The van der Waals surface area contributed by atoms with Gasteiger partial charge in [-0.25, -0.2) is 0 Å². The number of rotatable bonds is 9. The fraction of sp³-hybridized carbons (Fsp3) is 0.538. The molecular formula is C13H21BrO5P2. The number of benzene rings is 1. The van der Waals surface area contributed by atoms with Crippen LogP contribution in [0.15, 0.2) is 30.3 Å². The van der Waals surface area contributed by atoms with Gasteiger partial charge >= 0.3 is 7.60 Å². The fourth-order valence-corrected chi connectivity index (χ4v) is 8.59. The summed E-state index contributed by atoms with van der Waals surface area (Å²) in [4.78, 5) is 0. The Morgan fingerprint density at radius 3 is 1.86 bits per heavy atom. The van der Waals surface area contributed by atoms with E-state index in [0.717, 1.165) is 0 Å². The number of hydrogen-bond donors (Lipinski definition) is 0. The van der Waals surface area contributed by atoms with Crippen molar-refractivity contribution in [2.75, 3.05) is 19.8 Å². The average molecular weight is 399 g/mol. The third-order valence-electron chi connectivity index (χ3n) is 2.60. The summed E-state index contributed by atoms with van der Waals surface area (Å²) in [5.41, 5.74) is 0. The summed E-state index contributed by atoms with van der Waals surface area (Å²) in [5.74, 6) is 0. The second-order valence-electron chi connectivity index (χ2n) is 4.04. The highest BCUT2D eigenvalue weighted by molar-refractivity contribution is 9.12. The SMILES string of the molecule is CCOP(=O)(OCC)[C@@H](Br)[P@@](=O)(OCC)c1ccccc1. The van der Waals surface area contributed by atoms with E-state index < -0.39 is 19.3 Å². The summed E-state index contributed by atoms with van der Waals surface area (Å²) in [7, 11) is -7.04. The van der Waals surface area contributed by atoms with Gasteiger partial charge < -0.3 is 13.6 Å². The highest BCUT2D eigenvalue weighted by Gasteiger charge is 2.48. The lowest BCUT2D eigenvalue weighted by molar-refractivity contribution is 0.221. The molecule has 1 aromatic carbocycles. The molecule has 0 aliphatic rings. The molecule has 5 nitrogen and oxygen atoms in total. The molecule has 0 amide bonds. The molecule has 0 heterocycles. The molecule has 120 valence electrons. The van der Waals surface area contributed by atoms with Crippen molar-refractivity contribution in [3.63, 3.8) is 0 Å². The van der Waals surface area contributed by atoms with E-state index in [1.165, 1.54) is 0 Å². The molecule has 8 heteroatoms. The molecule has 0 saturated carbocycles. The Balaban J connectivity index is 3.26. The Kier molecular flexibility index (Phi) is 7.83. The third-order valence-corrected chi connectivity index (χ3v) is 11.5. The molecule has 1 aromatic rings. The highest BCUT2D eigenvalue weighted by atomic mass is 79.9. The summed E-state index contributed by atoms with van der Waals surface area (Å²) >= 11 is 3.26. The minimum atomic E-state index is -3.60. The lowest BCUT2D eigenvalue weighted by atomic mass is 10.4. The Labute approximate surface area is 134 Å². The van der Waals surface area contributed by atoms with E-state index in [9.17, 15) is 9.13 Å². The first-order valence-electron chi connectivity index (χ1n) is 6.77. The quantitative estimate of drug-likeness (QED) is 0.450. The molecule has 0 aliphatic carbocycles. The highest BCUT2D eigenvalue weighted by Crippen LogP contribution is 2.71. The molecular weight excluding hydrogens is 378 g/mol. The number of hydrogen-bond acceptors (Lipinski definition) is 5. The number of halogens is 1. The largest absolute Gasteiger partial charge is 0.354 e. The molecule has 2 atom stereocenters. The van der Waals surface area contributed by atoms with Crippen molar-refractivity contribution in [2.45, 2.75) is 25.1 Å². The van der Waals surface area contributed by atoms with E-state index in [2.05, 4.69) is 15.9 Å². The lowest BCUT2D eigenvalue weighted by Crippen LogP contribution is -2.18. The second-order valence-corrected chi connectivity index (χ2v) is 11.4. The minimum absolute atomic E-state index is 0.195. The standard InChI is InChI=1S/C13H21BrO5P2/c1-4-17-20(15,12-10-8-7-9-11-12)13(14)21(16,18-5-2)19-6-3/h7-11,13H,4-6H2,1-3H3/t13-,20-/m0/s1. The van der Waals surface area contributed by atoms with Gasteiger partial charge in [0, 0.05) is 5.30 Å². The molecule has 0 saturated heterocycles. The first kappa shape index (κ1) is 19.1. The second kappa shape index (κ2) is 8.61. The topological polar surface area (TPSA) is 61.8 Å². The third kappa shape index (κ3) is 4.51. The van der Waals surface area contributed by atoms with Gasteiger partial charge in [-0.1, -0.05) is 34.1 Å². The zero-order valence-corrected chi connectivity index (χ0v) is 15.8. The van der Waals surface area contributed by atoms with Gasteiger partial charge in [0.15, 0.2) is 4.31 Å². The minimum Gasteiger partial charge on any atom is -0.324 e. The van der Waals surface area contributed by atoms with E-state index in [0.29, 0.717) is 5.30 Å². The summed E-state index contributed by atoms with van der Waals surface area (Å²) < 4.78 is 41.2. The normalized spacial score (nSPS) is 16.4. The summed E-state index contributed by atoms with van der Waals surface area (Å²) in [6.45, 7) is 5.77. The Morgan fingerprint density at radius 1 is 0.952 bits per heavy atom. The van der Waals surface area contributed by atoms with Crippen LogP contribution in [0.2, 0.25) is 0 Å². The van der Waals surface area contributed by atoms with Crippen molar-refractivity contribution >= 4 is 36.2 Å². The first-order chi connectivity index (χ1) is 9.94. The van der Waals surface area contributed by atoms with Gasteiger partial charge in [0.1, 0.15) is 0 Å². The molecule has 0 spiro atoms. The fourth-order valence-electron chi connectivity index (χ4n) is 1.79. The molecule has 1 rings (SSSR count). The summed E-state index contributed by atoms with van der Waals surface area (Å²) in [5, 5.41) is 0.480. The van der Waals surface area contributed by atoms with Crippen molar-refractivity contribution in [2.24, 2.45) is 0 Å². The van der Waals surface area contributed by atoms with E-state index in [1.54, 1.807) is 45.0 Å². The van der Waals surface area contributed by atoms with Crippen LogP contribution in [0.1, 0.15) is 20.8 Å². The van der Waals surface area contributed by atoms with Crippen molar-refractivity contribution in [3.05, 3.63) is 30.3 Å². The molecule has 0 radical (unpaired) electrons. The van der Waals surface area contributed by atoms with Gasteiger partial charge in [-0.3, -0.25) is 9.13 Å². The number of alkyl halides is 1. The van der Waals surface area contributed by atoms with Crippen molar-refractivity contribution in [1.82, 2.24) is 0 Å². The molecule has 0 unspecified atom stereocenters. The Morgan fingerprint density at radius 2 is 1.43 bits per heavy atom. The van der Waals surface area contributed by atoms with Crippen molar-refractivity contribution < 1.29 is 22.7 Å². The van der Waals surface area contributed by atoms with Crippen LogP contribution in [0.25, 0.3) is 0 Å². The molecule has 0 aromatic heterocycles. The van der Waals surface area contributed by atoms with E-state index in [1.807, 2.05) is 6.07 Å². The van der Waals surface area contributed by atoms with Gasteiger partial charge in [-0.2, -0.15) is 0 Å². The van der Waals surface area contributed by atoms with Crippen molar-refractivity contribution in [1.29, 1.82) is 0 Å². The Hall–Kier alpha value is 0.0400. The van der Waals surface area contributed by atoms with Gasteiger partial charge in [-0.05, 0) is 32.9 Å². The van der Waals surface area contributed by atoms with Crippen LogP contribution in [0, 0.1) is 0 Å². The maximum atomic E-state index is 13.3. The summed E-state index contributed by atoms with van der Waals surface area (Å²) in [6, 6.07) is 8.70. The van der Waals surface area contributed by atoms with E-state index in [4.69, 9.17) is 13.6 Å². The van der Waals surface area contributed by atoms with E-state index in [-0.39, 0.29) is 19.8 Å². The molecule has 0 bridgehead atoms. The van der Waals surface area contributed by atoms with Crippen LogP contribution in [-0.2, 0) is 22.7 Å². The maximum Gasteiger partial charge on any atom is 0.354 e. The molecule has 0 fully saturated rings. The zero-order valence-electron chi connectivity index (χ0n) is 12.4. The van der Waals surface area contributed by atoms with Crippen LogP contribution in [-0.4, -0.2) is 24.1 Å². The smallest absolute Gasteiger partial charge is 0.324 e. The van der Waals surface area contributed by atoms with Crippen molar-refractivity contribution in [3.8, 4) is 0 Å². The first-order valence-corrected chi connectivity index (χ1v) is 11.0. The van der Waals surface area contributed by atoms with E-state index >= 15 is 0 Å². The van der Waals surface area contributed by atoms with Gasteiger partial charge in [-0.15, -0.1) is 0 Å².